The van der Waals surface area contributed by atoms with Gasteiger partial charge in [0.1, 0.15) is 11.6 Å². The van der Waals surface area contributed by atoms with E-state index in [1.54, 1.807) is 24.5 Å². The number of halogens is 1. The number of benzene rings is 1. The summed E-state index contributed by atoms with van der Waals surface area (Å²) in [5, 5.41) is 8.46. The van der Waals surface area contributed by atoms with Gasteiger partial charge in [0.05, 0.1) is 0 Å². The first-order chi connectivity index (χ1) is 8.24. The van der Waals surface area contributed by atoms with Gasteiger partial charge in [0.15, 0.2) is 6.61 Å². The largest absolute Gasteiger partial charge is 0.482 e. The number of aromatic amines is 1. The van der Waals surface area contributed by atoms with Crippen LogP contribution in [0.1, 0.15) is 11.4 Å². The number of aliphatic carboxylic acids is 1. The molecule has 2 aromatic rings. The zero-order valence-electron chi connectivity index (χ0n) is 10.00. The lowest BCUT2D eigenvalue weighted by molar-refractivity contribution is -0.139. The minimum absolute atomic E-state index is 0. The predicted molar refractivity (Wildman–Crippen MR) is 71.8 cm³/mol. The number of aromatic nitrogens is 2. The van der Waals surface area contributed by atoms with Crippen molar-refractivity contribution in [2.75, 3.05) is 6.61 Å². The van der Waals surface area contributed by atoms with Gasteiger partial charge < -0.3 is 20.3 Å². The van der Waals surface area contributed by atoms with E-state index in [9.17, 15) is 4.79 Å². The summed E-state index contributed by atoms with van der Waals surface area (Å²) in [7, 11) is 0. The van der Waals surface area contributed by atoms with E-state index in [2.05, 4.69) is 9.97 Å². The summed E-state index contributed by atoms with van der Waals surface area (Å²) in [6.07, 6.45) is 4.20. The molecule has 0 fully saturated rings. The molecule has 6 nitrogen and oxygen atoms in total. The molecule has 19 heavy (non-hydrogen) atoms. The maximum absolute atomic E-state index is 10.3. The Morgan fingerprint density at radius 3 is 2.53 bits per heavy atom. The highest BCUT2D eigenvalue weighted by Gasteiger charge is 2.01. The van der Waals surface area contributed by atoms with E-state index in [1.165, 1.54) is 0 Å². The smallest absolute Gasteiger partial charge is 0.341 e. The quantitative estimate of drug-likeness (QED) is 0.857. The van der Waals surface area contributed by atoms with Crippen LogP contribution in [0.5, 0.6) is 5.75 Å². The molecule has 1 heterocycles. The van der Waals surface area contributed by atoms with Gasteiger partial charge in [-0.05, 0) is 17.7 Å². The van der Waals surface area contributed by atoms with Gasteiger partial charge in [-0.2, -0.15) is 0 Å². The summed E-state index contributed by atoms with van der Waals surface area (Å²) in [5.41, 5.74) is 1.09. The summed E-state index contributed by atoms with van der Waals surface area (Å²) in [4.78, 5) is 17.5. The molecule has 4 N–H and O–H groups in total. The average molecular weight is 287 g/mol. The van der Waals surface area contributed by atoms with Crippen molar-refractivity contribution in [3.05, 3.63) is 48.0 Å². The maximum Gasteiger partial charge on any atom is 0.341 e. The monoisotopic (exact) mass is 286 g/mol. The number of hydrogen-bond acceptors (Lipinski definition) is 3. The Morgan fingerprint density at radius 2 is 2.00 bits per heavy atom. The first-order valence-corrected chi connectivity index (χ1v) is 5.16. The van der Waals surface area contributed by atoms with Crippen molar-refractivity contribution in [2.45, 2.75) is 6.42 Å². The van der Waals surface area contributed by atoms with E-state index in [-0.39, 0.29) is 24.5 Å². The molecule has 0 radical (unpaired) electrons. The zero-order chi connectivity index (χ0) is 12.1. The SMILES string of the molecule is Cl.O.O=C(O)COc1ccc(Cc2ncc[nH]2)cc1. The Balaban J connectivity index is 0.00000162. The third kappa shape index (κ3) is 5.41. The van der Waals surface area contributed by atoms with E-state index in [0.717, 1.165) is 11.4 Å². The van der Waals surface area contributed by atoms with Gasteiger partial charge in [-0.25, -0.2) is 9.78 Å². The molecule has 1 aromatic carbocycles. The molecule has 104 valence electrons. The van der Waals surface area contributed by atoms with Crippen LogP contribution in [0.3, 0.4) is 0 Å². The third-order valence-electron chi connectivity index (χ3n) is 2.21. The van der Waals surface area contributed by atoms with Gasteiger partial charge >= 0.3 is 5.97 Å². The fraction of sp³-hybridized carbons (Fsp3) is 0.167. The highest BCUT2D eigenvalue weighted by Crippen LogP contribution is 2.13. The Kier molecular flexibility index (Phi) is 7.25. The standard InChI is InChI=1S/C12H12N2O3.ClH.H2O/c15-12(16)8-17-10-3-1-9(2-4-10)7-11-13-5-6-14-11;;/h1-6H,7-8H2,(H,13,14)(H,15,16);1H;1H2. The third-order valence-corrected chi connectivity index (χ3v) is 2.21. The molecule has 0 aliphatic rings. The molecule has 0 bridgehead atoms. The lowest BCUT2D eigenvalue weighted by Crippen LogP contribution is -2.09. The highest BCUT2D eigenvalue weighted by atomic mass is 35.5. The number of imidazole rings is 1. The molecule has 0 saturated carbocycles. The first-order valence-electron chi connectivity index (χ1n) is 5.16. The second kappa shape index (κ2) is 8.12. The van der Waals surface area contributed by atoms with Crippen LogP contribution in [0.25, 0.3) is 0 Å². The zero-order valence-corrected chi connectivity index (χ0v) is 10.8. The first kappa shape index (κ1) is 16.9. The average Bonchev–Trinajstić information content (AvgIpc) is 2.81. The van der Waals surface area contributed by atoms with E-state index in [0.29, 0.717) is 12.2 Å². The van der Waals surface area contributed by atoms with Crippen molar-refractivity contribution in [3.63, 3.8) is 0 Å². The van der Waals surface area contributed by atoms with Crippen molar-refractivity contribution in [1.29, 1.82) is 0 Å². The number of H-pyrrole nitrogens is 1. The number of carboxylic acids is 1. The highest BCUT2D eigenvalue weighted by molar-refractivity contribution is 5.85. The number of rotatable bonds is 5. The molecule has 0 saturated heterocycles. The van der Waals surface area contributed by atoms with Crippen LogP contribution in [-0.4, -0.2) is 33.1 Å². The molecule has 2 rings (SSSR count). The topological polar surface area (TPSA) is 107 Å². The summed E-state index contributed by atoms with van der Waals surface area (Å²) >= 11 is 0. The van der Waals surface area contributed by atoms with Crippen LogP contribution in [0.2, 0.25) is 0 Å². The van der Waals surface area contributed by atoms with Gasteiger partial charge in [-0.1, -0.05) is 12.1 Å². The number of ether oxygens (including phenoxy) is 1. The van der Waals surface area contributed by atoms with Crippen molar-refractivity contribution in [1.82, 2.24) is 9.97 Å². The predicted octanol–water partition coefficient (Wildman–Crippen LogP) is 1.06. The second-order valence-corrected chi connectivity index (χ2v) is 3.54. The summed E-state index contributed by atoms with van der Waals surface area (Å²) in [5.74, 6) is 0.462. The molecule has 0 amide bonds. The van der Waals surface area contributed by atoms with Crippen molar-refractivity contribution in [3.8, 4) is 5.75 Å². The summed E-state index contributed by atoms with van der Waals surface area (Å²) < 4.78 is 5.03. The lowest BCUT2D eigenvalue weighted by Gasteiger charge is -2.04. The van der Waals surface area contributed by atoms with Crippen LogP contribution in [0.4, 0.5) is 0 Å². The van der Waals surface area contributed by atoms with E-state index in [4.69, 9.17) is 9.84 Å². The van der Waals surface area contributed by atoms with Crippen LogP contribution in [-0.2, 0) is 11.2 Å². The van der Waals surface area contributed by atoms with Crippen LogP contribution >= 0.6 is 12.4 Å². The van der Waals surface area contributed by atoms with Crippen molar-refractivity contribution >= 4 is 18.4 Å². The Hall–Kier alpha value is -2.05. The molecular weight excluding hydrogens is 272 g/mol. The number of hydrogen-bond donors (Lipinski definition) is 2. The molecule has 0 atom stereocenters. The van der Waals surface area contributed by atoms with E-state index in [1.807, 2.05) is 12.1 Å². The molecular formula is C12H15ClN2O4. The summed E-state index contributed by atoms with van der Waals surface area (Å²) in [6, 6.07) is 7.28. The van der Waals surface area contributed by atoms with Crippen LogP contribution < -0.4 is 4.74 Å². The van der Waals surface area contributed by atoms with Crippen LogP contribution in [0.15, 0.2) is 36.7 Å². The van der Waals surface area contributed by atoms with Gasteiger partial charge in [0.25, 0.3) is 0 Å². The molecule has 0 spiro atoms. The Labute approximate surface area is 116 Å². The second-order valence-electron chi connectivity index (χ2n) is 3.54. The summed E-state index contributed by atoms with van der Waals surface area (Å²) in [6.45, 7) is -0.322. The maximum atomic E-state index is 10.3. The van der Waals surface area contributed by atoms with Crippen molar-refractivity contribution < 1.29 is 20.1 Å². The van der Waals surface area contributed by atoms with E-state index < -0.39 is 5.97 Å². The molecule has 0 unspecified atom stereocenters. The molecule has 1 aromatic heterocycles. The molecule has 0 aliphatic heterocycles. The number of carbonyl (C=O) groups is 1. The number of nitrogens with zero attached hydrogens (tertiary/aromatic N) is 1. The fourth-order valence-electron chi connectivity index (χ4n) is 1.44. The number of carboxylic acid groups (broad SMARTS) is 1. The molecule has 0 aliphatic carbocycles. The normalized spacial score (nSPS) is 9.05. The van der Waals surface area contributed by atoms with Gasteiger partial charge in [-0.15, -0.1) is 12.4 Å². The van der Waals surface area contributed by atoms with Gasteiger partial charge in [-0.3, -0.25) is 0 Å². The van der Waals surface area contributed by atoms with Crippen molar-refractivity contribution in [2.24, 2.45) is 0 Å². The lowest BCUT2D eigenvalue weighted by atomic mass is 10.1. The minimum Gasteiger partial charge on any atom is -0.482 e. The van der Waals surface area contributed by atoms with Crippen LogP contribution in [0, 0.1) is 0 Å². The Bertz CT molecular complexity index is 485. The van der Waals surface area contributed by atoms with Gasteiger partial charge in [0.2, 0.25) is 0 Å². The van der Waals surface area contributed by atoms with E-state index >= 15 is 0 Å². The number of nitrogens with one attached hydrogen (secondary N) is 1. The fourth-order valence-corrected chi connectivity index (χ4v) is 1.44. The molecule has 7 heteroatoms. The van der Waals surface area contributed by atoms with Gasteiger partial charge in [0, 0.05) is 18.8 Å². The Morgan fingerprint density at radius 1 is 1.32 bits per heavy atom. The minimum atomic E-state index is -0.982.